The molecule has 7 heteroatoms. The number of esters is 1. The zero-order valence-corrected chi connectivity index (χ0v) is 31.0. The lowest BCUT2D eigenvalue weighted by Crippen LogP contribution is -2.37. The maximum atomic E-state index is 14.6. The standard InChI is InChI=1S/C45H47N3O3S/c1-45(2,3)51-43(50)33-48-41-28-17-16-27-40(41)46-44(48)52-30-18-29-47(32-39(36-23-12-6-13-24-36)37-25-14-7-15-26-37)42(49)31-38(34-19-8-4-9-20-34)35-21-10-5-11-22-35/h4-17,19-28,38-39H,18,29-33H2,1-3H3. The first-order valence-corrected chi connectivity index (χ1v) is 19.0. The number of benzene rings is 5. The summed E-state index contributed by atoms with van der Waals surface area (Å²) in [5.74, 6) is 0.504. The second kappa shape index (κ2) is 17.4. The highest BCUT2D eigenvalue weighted by Crippen LogP contribution is 2.32. The largest absolute Gasteiger partial charge is 0.459 e. The molecule has 0 saturated carbocycles. The van der Waals surface area contributed by atoms with Gasteiger partial charge in [-0.15, -0.1) is 0 Å². The first kappa shape index (κ1) is 36.6. The SMILES string of the molecule is CC(C)(C)OC(=O)Cn1c(SCCCN(CC(c2ccccc2)c2ccccc2)C(=O)CC(c2ccccc2)c2ccccc2)nc2ccccc21. The average molecular weight is 710 g/mol. The molecule has 5 aromatic carbocycles. The van der Waals surface area contributed by atoms with E-state index in [0.29, 0.717) is 19.5 Å². The minimum Gasteiger partial charge on any atom is -0.459 e. The number of amides is 1. The Hall–Kier alpha value is -5.14. The molecule has 1 amide bonds. The molecule has 52 heavy (non-hydrogen) atoms. The van der Waals surface area contributed by atoms with Crippen LogP contribution < -0.4 is 0 Å². The van der Waals surface area contributed by atoms with E-state index in [4.69, 9.17) is 9.72 Å². The summed E-state index contributed by atoms with van der Waals surface area (Å²) in [7, 11) is 0. The van der Waals surface area contributed by atoms with Crippen LogP contribution in [0.1, 0.15) is 67.7 Å². The lowest BCUT2D eigenvalue weighted by molar-refractivity contribution is -0.155. The van der Waals surface area contributed by atoms with Crippen LogP contribution in [0, 0.1) is 0 Å². The van der Waals surface area contributed by atoms with Crippen LogP contribution in [-0.4, -0.2) is 50.8 Å². The van der Waals surface area contributed by atoms with Crippen molar-refractivity contribution in [2.75, 3.05) is 18.8 Å². The van der Waals surface area contributed by atoms with E-state index in [-0.39, 0.29) is 30.3 Å². The molecule has 266 valence electrons. The highest BCUT2D eigenvalue weighted by Gasteiger charge is 2.26. The Morgan fingerprint density at radius 3 is 1.69 bits per heavy atom. The van der Waals surface area contributed by atoms with Gasteiger partial charge in [0.1, 0.15) is 12.1 Å². The molecule has 0 aliphatic carbocycles. The summed E-state index contributed by atoms with van der Waals surface area (Å²) in [5, 5.41) is 0.768. The molecule has 1 aromatic heterocycles. The van der Waals surface area contributed by atoms with E-state index < -0.39 is 5.60 Å². The summed E-state index contributed by atoms with van der Waals surface area (Å²) in [6.07, 6.45) is 1.12. The molecule has 0 bridgehead atoms. The third-order valence-electron chi connectivity index (χ3n) is 9.07. The van der Waals surface area contributed by atoms with Crippen LogP contribution in [-0.2, 0) is 20.9 Å². The third kappa shape index (κ3) is 9.80. The quantitative estimate of drug-likeness (QED) is 0.0604. The maximum Gasteiger partial charge on any atom is 0.326 e. The van der Waals surface area contributed by atoms with Crippen molar-refractivity contribution in [2.24, 2.45) is 0 Å². The number of imidazole rings is 1. The van der Waals surface area contributed by atoms with Gasteiger partial charge >= 0.3 is 5.97 Å². The number of hydrogen-bond donors (Lipinski definition) is 0. The highest BCUT2D eigenvalue weighted by molar-refractivity contribution is 7.99. The van der Waals surface area contributed by atoms with Gasteiger partial charge in [0, 0.05) is 37.1 Å². The predicted octanol–water partition coefficient (Wildman–Crippen LogP) is 9.74. The topological polar surface area (TPSA) is 64.4 Å². The minimum absolute atomic E-state index is 0.0175. The van der Waals surface area contributed by atoms with Crippen LogP contribution in [0.5, 0.6) is 0 Å². The summed E-state index contributed by atoms with van der Waals surface area (Å²) in [6, 6.07) is 49.5. The fourth-order valence-electron chi connectivity index (χ4n) is 6.65. The van der Waals surface area contributed by atoms with Crippen molar-refractivity contribution in [1.29, 1.82) is 0 Å². The Morgan fingerprint density at radius 2 is 1.17 bits per heavy atom. The zero-order valence-electron chi connectivity index (χ0n) is 30.2. The van der Waals surface area contributed by atoms with E-state index in [1.807, 2.05) is 98.1 Å². The van der Waals surface area contributed by atoms with Crippen molar-refractivity contribution in [2.45, 2.75) is 62.8 Å². The fraction of sp³-hybridized carbons (Fsp3) is 0.267. The molecule has 1 heterocycles. The normalized spacial score (nSPS) is 11.6. The van der Waals surface area contributed by atoms with E-state index in [1.165, 1.54) is 11.1 Å². The molecule has 0 unspecified atom stereocenters. The van der Waals surface area contributed by atoms with Gasteiger partial charge in [0.15, 0.2) is 5.16 Å². The second-order valence-electron chi connectivity index (χ2n) is 14.0. The first-order valence-electron chi connectivity index (χ1n) is 18.0. The van der Waals surface area contributed by atoms with Crippen LogP contribution in [0.3, 0.4) is 0 Å². The van der Waals surface area contributed by atoms with Gasteiger partial charge in [-0.2, -0.15) is 0 Å². The lowest BCUT2D eigenvalue weighted by Gasteiger charge is -2.30. The zero-order chi connectivity index (χ0) is 36.3. The summed E-state index contributed by atoms with van der Waals surface area (Å²) in [5.41, 5.74) is 5.78. The van der Waals surface area contributed by atoms with Crippen molar-refractivity contribution in [3.63, 3.8) is 0 Å². The van der Waals surface area contributed by atoms with Crippen LogP contribution in [0.4, 0.5) is 0 Å². The van der Waals surface area contributed by atoms with E-state index in [9.17, 15) is 9.59 Å². The molecule has 0 aliphatic heterocycles. The molecule has 0 fully saturated rings. The van der Waals surface area contributed by atoms with Gasteiger partial charge in [-0.25, -0.2) is 4.98 Å². The van der Waals surface area contributed by atoms with Gasteiger partial charge in [-0.05, 0) is 61.6 Å². The Labute approximate surface area is 311 Å². The molecule has 0 N–H and O–H groups in total. The third-order valence-corrected chi connectivity index (χ3v) is 10.1. The molecule has 0 atom stereocenters. The monoisotopic (exact) mass is 709 g/mol. The average Bonchev–Trinajstić information content (AvgIpc) is 3.50. The van der Waals surface area contributed by atoms with Crippen molar-refractivity contribution in [3.05, 3.63) is 168 Å². The number of carbonyl (C=O) groups excluding carboxylic acids is 2. The predicted molar refractivity (Wildman–Crippen MR) is 212 cm³/mol. The smallest absolute Gasteiger partial charge is 0.326 e. The summed E-state index contributed by atoms with van der Waals surface area (Å²) >= 11 is 1.61. The second-order valence-corrected chi connectivity index (χ2v) is 15.1. The molecule has 6 nitrogen and oxygen atoms in total. The minimum atomic E-state index is -0.575. The Kier molecular flexibility index (Phi) is 12.3. The van der Waals surface area contributed by atoms with Crippen LogP contribution in [0.15, 0.2) is 151 Å². The number of aromatic nitrogens is 2. The summed E-state index contributed by atoms with van der Waals surface area (Å²) in [4.78, 5) is 34.5. The summed E-state index contributed by atoms with van der Waals surface area (Å²) < 4.78 is 7.61. The molecular weight excluding hydrogens is 663 g/mol. The van der Waals surface area contributed by atoms with Crippen LogP contribution in [0.2, 0.25) is 0 Å². The first-order chi connectivity index (χ1) is 25.2. The number of hydrogen-bond acceptors (Lipinski definition) is 5. The van der Waals surface area contributed by atoms with Gasteiger partial charge in [0.05, 0.1) is 11.0 Å². The van der Waals surface area contributed by atoms with Crippen molar-refractivity contribution in [3.8, 4) is 0 Å². The van der Waals surface area contributed by atoms with Gasteiger partial charge in [-0.3, -0.25) is 9.59 Å². The molecule has 0 spiro atoms. The van der Waals surface area contributed by atoms with Crippen molar-refractivity contribution >= 4 is 34.7 Å². The number of nitrogens with zero attached hydrogens (tertiary/aromatic N) is 3. The number of thioether (sulfide) groups is 1. The van der Waals surface area contributed by atoms with E-state index in [0.717, 1.165) is 39.5 Å². The number of fused-ring (bicyclic) bond motifs is 1. The molecule has 0 saturated heterocycles. The van der Waals surface area contributed by atoms with Crippen molar-refractivity contribution in [1.82, 2.24) is 14.5 Å². The number of para-hydroxylation sites is 2. The Balaban J connectivity index is 1.25. The maximum absolute atomic E-state index is 14.6. The number of carbonyl (C=O) groups is 2. The molecule has 6 rings (SSSR count). The van der Waals surface area contributed by atoms with Gasteiger partial charge < -0.3 is 14.2 Å². The lowest BCUT2D eigenvalue weighted by atomic mass is 9.87. The van der Waals surface area contributed by atoms with E-state index in [1.54, 1.807) is 11.8 Å². The van der Waals surface area contributed by atoms with Gasteiger partial charge in [0.2, 0.25) is 5.91 Å². The Morgan fingerprint density at radius 1 is 0.692 bits per heavy atom. The molecule has 0 aliphatic rings. The Bertz CT molecular complexity index is 1950. The fourth-order valence-corrected chi connectivity index (χ4v) is 7.59. The summed E-state index contributed by atoms with van der Waals surface area (Å²) in [6.45, 7) is 6.86. The van der Waals surface area contributed by atoms with E-state index in [2.05, 4.69) is 77.7 Å². The van der Waals surface area contributed by atoms with Crippen LogP contribution in [0.25, 0.3) is 11.0 Å². The molecule has 6 aromatic rings. The van der Waals surface area contributed by atoms with Gasteiger partial charge in [-0.1, -0.05) is 145 Å². The van der Waals surface area contributed by atoms with Crippen LogP contribution >= 0.6 is 11.8 Å². The highest BCUT2D eigenvalue weighted by atomic mass is 32.2. The number of rotatable bonds is 15. The van der Waals surface area contributed by atoms with E-state index >= 15 is 0 Å². The molecule has 0 radical (unpaired) electrons. The molecular formula is C45H47N3O3S. The number of ether oxygens (including phenoxy) is 1. The van der Waals surface area contributed by atoms with Gasteiger partial charge in [0.25, 0.3) is 0 Å². The van der Waals surface area contributed by atoms with Crippen molar-refractivity contribution < 1.29 is 14.3 Å².